The van der Waals surface area contributed by atoms with Crippen LogP contribution in [0, 0.1) is 0 Å². The Hall–Kier alpha value is -2.50. The van der Waals surface area contributed by atoms with Crippen molar-refractivity contribution in [3.05, 3.63) is 77.0 Å². The summed E-state index contributed by atoms with van der Waals surface area (Å²) in [5.74, 6) is 0.941. The Bertz CT molecular complexity index is 1010. The molecule has 0 saturated carbocycles. The van der Waals surface area contributed by atoms with Crippen molar-refractivity contribution in [1.82, 2.24) is 0 Å². The molecule has 0 aliphatic heterocycles. The van der Waals surface area contributed by atoms with Crippen LogP contribution in [0.25, 0.3) is 16.0 Å². The first-order chi connectivity index (χ1) is 12.5. The van der Waals surface area contributed by atoms with Crippen LogP contribution in [-0.4, -0.2) is 13.0 Å². The summed E-state index contributed by atoms with van der Waals surface area (Å²) in [5.41, 5.74) is 1.39. The summed E-state index contributed by atoms with van der Waals surface area (Å²) >= 11 is 9.68. The van der Waals surface area contributed by atoms with Gasteiger partial charge in [0.1, 0.15) is 17.1 Å². The number of hydrogen-bond acceptors (Lipinski definition) is 3. The normalized spacial score (nSPS) is 11.9. The lowest BCUT2D eigenvalue weighted by Crippen LogP contribution is -2.07. The zero-order chi connectivity index (χ0) is 18.5. The second kappa shape index (κ2) is 8.25. The van der Waals surface area contributed by atoms with Gasteiger partial charge in [0, 0.05) is 27.7 Å². The van der Waals surface area contributed by atoms with E-state index in [-0.39, 0.29) is 5.91 Å². The number of allylic oxidation sites excluding steroid dienone is 2. The van der Waals surface area contributed by atoms with Gasteiger partial charge in [-0.3, -0.25) is 4.79 Å². The highest BCUT2D eigenvalue weighted by Crippen LogP contribution is 2.29. The Balaban J connectivity index is 1.67. The first-order valence-corrected chi connectivity index (χ1v) is 8.90. The molecule has 1 heterocycles. The monoisotopic (exact) mass is 431 g/mol. The van der Waals surface area contributed by atoms with Crippen molar-refractivity contribution in [1.29, 1.82) is 0 Å². The number of furan rings is 1. The van der Waals surface area contributed by atoms with Crippen LogP contribution in [-0.2, 0) is 4.79 Å². The van der Waals surface area contributed by atoms with Gasteiger partial charge in [0.05, 0.1) is 12.1 Å². The average Bonchev–Trinajstić information content (AvgIpc) is 3.05. The molecule has 0 bridgehead atoms. The maximum absolute atomic E-state index is 12.0. The van der Waals surface area contributed by atoms with Gasteiger partial charge in [-0.15, -0.1) is 0 Å². The van der Waals surface area contributed by atoms with Crippen LogP contribution in [0.5, 0.6) is 5.75 Å². The van der Waals surface area contributed by atoms with E-state index in [0.717, 1.165) is 15.4 Å². The summed E-state index contributed by atoms with van der Waals surface area (Å²) in [6.07, 6.45) is 4.57. The van der Waals surface area contributed by atoms with Crippen molar-refractivity contribution < 1.29 is 13.9 Å². The average molecular weight is 433 g/mol. The number of halogens is 2. The first-order valence-electron chi connectivity index (χ1n) is 7.73. The van der Waals surface area contributed by atoms with Crippen molar-refractivity contribution in [2.24, 2.45) is 0 Å². The molecule has 4 nitrogen and oxygen atoms in total. The van der Waals surface area contributed by atoms with Crippen LogP contribution in [0.4, 0.5) is 5.69 Å². The lowest BCUT2D eigenvalue weighted by molar-refractivity contribution is -0.111. The second-order valence-electron chi connectivity index (χ2n) is 5.39. The molecule has 1 aromatic heterocycles. The van der Waals surface area contributed by atoms with Crippen molar-refractivity contribution >= 4 is 55.1 Å². The summed E-state index contributed by atoms with van der Waals surface area (Å²) in [7, 11) is 1.57. The van der Waals surface area contributed by atoms with Gasteiger partial charge in [-0.05, 0) is 42.5 Å². The highest BCUT2D eigenvalue weighted by Gasteiger charge is 2.07. The number of hydrogen-bond donors (Lipinski definition) is 1. The van der Waals surface area contributed by atoms with Gasteiger partial charge in [0.15, 0.2) is 0 Å². The molecule has 1 N–H and O–H groups in total. The Morgan fingerprint density at radius 3 is 2.88 bits per heavy atom. The molecular weight excluding hydrogens is 418 g/mol. The summed E-state index contributed by atoms with van der Waals surface area (Å²) in [6.45, 7) is 0. The molecule has 2 aromatic carbocycles. The fourth-order valence-electron chi connectivity index (χ4n) is 2.32. The third-order valence-corrected chi connectivity index (χ3v) is 4.35. The van der Waals surface area contributed by atoms with Gasteiger partial charge in [0.25, 0.3) is 0 Å². The van der Waals surface area contributed by atoms with E-state index in [0.29, 0.717) is 22.2 Å². The minimum atomic E-state index is -0.271. The van der Waals surface area contributed by atoms with Crippen LogP contribution in [0.3, 0.4) is 0 Å². The Kier molecular flexibility index (Phi) is 5.81. The number of rotatable bonds is 5. The molecule has 0 atom stereocenters. The van der Waals surface area contributed by atoms with Crippen molar-refractivity contribution in [3.63, 3.8) is 0 Å². The van der Waals surface area contributed by atoms with Crippen LogP contribution >= 0.6 is 27.5 Å². The minimum Gasteiger partial charge on any atom is -0.497 e. The van der Waals surface area contributed by atoms with Gasteiger partial charge >= 0.3 is 0 Å². The Labute approximate surface area is 164 Å². The zero-order valence-corrected chi connectivity index (χ0v) is 16.2. The van der Waals surface area contributed by atoms with E-state index in [2.05, 4.69) is 21.2 Å². The third-order valence-electron chi connectivity index (χ3n) is 3.54. The van der Waals surface area contributed by atoms with E-state index in [1.807, 2.05) is 24.3 Å². The van der Waals surface area contributed by atoms with Crippen molar-refractivity contribution in [2.75, 3.05) is 12.4 Å². The maximum atomic E-state index is 12.0. The third kappa shape index (κ3) is 4.56. The predicted octanol–water partition coefficient (Wildman–Crippen LogP) is 5.98. The molecule has 0 fully saturated rings. The molecule has 3 rings (SSSR count). The van der Waals surface area contributed by atoms with E-state index >= 15 is 0 Å². The number of amides is 1. The number of fused-ring (bicyclic) bond motifs is 1. The van der Waals surface area contributed by atoms with Gasteiger partial charge < -0.3 is 14.5 Å². The van der Waals surface area contributed by atoms with E-state index in [1.165, 1.54) is 6.08 Å². The van der Waals surface area contributed by atoms with Gasteiger partial charge in [-0.25, -0.2) is 0 Å². The first kappa shape index (κ1) is 18.3. The highest BCUT2D eigenvalue weighted by molar-refractivity contribution is 9.10. The minimum absolute atomic E-state index is 0.271. The molecule has 0 unspecified atom stereocenters. The number of carbonyl (C=O) groups excluding carboxylic acids is 1. The number of ether oxygens (including phenoxy) is 1. The number of methoxy groups -OCH3 is 1. The Morgan fingerprint density at radius 1 is 1.23 bits per heavy atom. The second-order valence-corrected chi connectivity index (χ2v) is 6.71. The molecule has 0 aliphatic carbocycles. The van der Waals surface area contributed by atoms with E-state index < -0.39 is 0 Å². The smallest absolute Gasteiger partial charge is 0.248 e. The molecule has 1 amide bonds. The fourth-order valence-corrected chi connectivity index (χ4v) is 2.86. The van der Waals surface area contributed by atoms with Crippen LogP contribution in [0.2, 0.25) is 0 Å². The number of nitrogens with one attached hydrogen (secondary N) is 1. The van der Waals surface area contributed by atoms with Gasteiger partial charge in [-0.2, -0.15) is 0 Å². The van der Waals surface area contributed by atoms with Crippen molar-refractivity contribution in [3.8, 4) is 5.75 Å². The molecule has 132 valence electrons. The summed E-state index contributed by atoms with van der Waals surface area (Å²) in [4.78, 5) is 12.0. The maximum Gasteiger partial charge on any atom is 0.248 e. The zero-order valence-electron chi connectivity index (χ0n) is 13.8. The van der Waals surface area contributed by atoms with Gasteiger partial charge in [-0.1, -0.05) is 39.7 Å². The number of anilines is 1. The summed E-state index contributed by atoms with van der Waals surface area (Å²) in [6, 6.07) is 14.7. The van der Waals surface area contributed by atoms with Crippen LogP contribution in [0.1, 0.15) is 5.76 Å². The SMILES string of the molecule is COc1cccc(NC(=O)/C=C/C=C(\Cl)c2cc3cc(Br)ccc3o2)c1. The molecule has 3 aromatic rings. The van der Waals surface area contributed by atoms with E-state index in [4.69, 9.17) is 20.8 Å². The molecule has 0 aliphatic rings. The van der Waals surface area contributed by atoms with Crippen LogP contribution in [0.15, 0.2) is 75.6 Å². The largest absolute Gasteiger partial charge is 0.497 e. The molecule has 0 spiro atoms. The lowest BCUT2D eigenvalue weighted by atomic mass is 10.2. The molecule has 26 heavy (non-hydrogen) atoms. The molecular formula is C20H15BrClNO3. The number of benzene rings is 2. The van der Waals surface area contributed by atoms with E-state index in [1.54, 1.807) is 43.5 Å². The Morgan fingerprint density at radius 2 is 2.08 bits per heavy atom. The van der Waals surface area contributed by atoms with E-state index in [9.17, 15) is 4.79 Å². The quantitative estimate of drug-likeness (QED) is 0.399. The topological polar surface area (TPSA) is 51.5 Å². The summed E-state index contributed by atoms with van der Waals surface area (Å²) < 4.78 is 11.8. The van der Waals surface area contributed by atoms with Crippen LogP contribution < -0.4 is 10.1 Å². The predicted molar refractivity (Wildman–Crippen MR) is 109 cm³/mol. The highest BCUT2D eigenvalue weighted by atomic mass is 79.9. The standard InChI is InChI=1S/C20H15BrClNO3/c1-25-16-5-2-4-15(12-16)23-20(24)7-3-6-17(22)19-11-13-10-14(21)8-9-18(13)26-19/h2-12H,1H3,(H,23,24)/b7-3+,17-6-. The molecule has 0 radical (unpaired) electrons. The molecule has 6 heteroatoms. The number of carbonyl (C=O) groups is 1. The molecule has 0 saturated heterocycles. The summed E-state index contributed by atoms with van der Waals surface area (Å²) in [5, 5.41) is 4.10. The van der Waals surface area contributed by atoms with Gasteiger partial charge in [0.2, 0.25) is 5.91 Å². The lowest BCUT2D eigenvalue weighted by Gasteiger charge is -2.04. The fraction of sp³-hybridized carbons (Fsp3) is 0.0500. The van der Waals surface area contributed by atoms with Crippen molar-refractivity contribution in [2.45, 2.75) is 0 Å².